The first kappa shape index (κ1) is 20.2. The van der Waals surface area contributed by atoms with Gasteiger partial charge < -0.3 is 10.1 Å². The van der Waals surface area contributed by atoms with Gasteiger partial charge in [-0.2, -0.15) is 9.78 Å². The number of nitrogens with zero attached hydrogens (tertiary/aromatic N) is 3. The maximum absolute atomic E-state index is 13.3. The number of aromatic nitrogens is 3. The third-order valence-electron chi connectivity index (χ3n) is 4.12. The van der Waals surface area contributed by atoms with Gasteiger partial charge in [-0.05, 0) is 29.8 Å². The van der Waals surface area contributed by atoms with Gasteiger partial charge in [-0.15, -0.1) is 0 Å². The van der Waals surface area contributed by atoms with Crippen molar-refractivity contribution < 1.29 is 13.9 Å². The van der Waals surface area contributed by atoms with Crippen LogP contribution in [0.5, 0.6) is 0 Å². The third-order valence-corrected chi connectivity index (χ3v) is 4.12. The number of nitrogens with one attached hydrogen (secondary N) is 1. The Bertz CT molecular complexity index is 1110. The van der Waals surface area contributed by atoms with Crippen molar-refractivity contribution in [3.05, 3.63) is 92.5 Å². The Balaban J connectivity index is 2.12. The molecule has 0 aliphatic carbocycles. The van der Waals surface area contributed by atoms with Crippen molar-refractivity contribution in [2.45, 2.75) is 6.54 Å². The molecule has 9 heteroatoms. The van der Waals surface area contributed by atoms with Crippen LogP contribution in [0.15, 0.2) is 64.2 Å². The minimum atomic E-state index is -0.813. The Morgan fingerprint density at radius 2 is 1.79 bits per heavy atom. The number of ether oxygens (including phenoxy) is 1. The van der Waals surface area contributed by atoms with Gasteiger partial charge in [0.15, 0.2) is 0 Å². The molecule has 0 saturated heterocycles. The van der Waals surface area contributed by atoms with Crippen LogP contribution in [0.25, 0.3) is 5.69 Å². The molecule has 8 nitrogen and oxygen atoms in total. The van der Waals surface area contributed by atoms with Gasteiger partial charge in [0.05, 0.1) is 18.8 Å². The van der Waals surface area contributed by atoms with Crippen molar-refractivity contribution in [3.63, 3.8) is 0 Å². The summed E-state index contributed by atoms with van der Waals surface area (Å²) in [6.45, 7) is 0.382. The molecule has 150 valence electrons. The van der Waals surface area contributed by atoms with Crippen LogP contribution >= 0.6 is 0 Å². The van der Waals surface area contributed by atoms with Gasteiger partial charge in [0.25, 0.3) is 11.5 Å². The van der Waals surface area contributed by atoms with Crippen LogP contribution in [0, 0.1) is 5.82 Å². The lowest BCUT2D eigenvalue weighted by Crippen LogP contribution is -2.46. The Hall–Kier alpha value is -3.59. The summed E-state index contributed by atoms with van der Waals surface area (Å²) in [5.74, 6) is -1.22. The van der Waals surface area contributed by atoms with Crippen LogP contribution in [0.4, 0.5) is 4.39 Å². The van der Waals surface area contributed by atoms with Crippen molar-refractivity contribution in [2.75, 3.05) is 20.3 Å². The summed E-state index contributed by atoms with van der Waals surface area (Å²) < 4.78 is 20.0. The molecule has 2 aromatic carbocycles. The molecule has 29 heavy (non-hydrogen) atoms. The zero-order chi connectivity index (χ0) is 20.8. The Morgan fingerprint density at radius 3 is 2.45 bits per heavy atom. The van der Waals surface area contributed by atoms with E-state index in [2.05, 4.69) is 10.4 Å². The molecule has 0 fully saturated rings. The minimum absolute atomic E-state index is 0.0411. The van der Waals surface area contributed by atoms with Gasteiger partial charge in [0, 0.05) is 13.7 Å². The van der Waals surface area contributed by atoms with E-state index in [0.29, 0.717) is 5.56 Å². The van der Waals surface area contributed by atoms with E-state index in [-0.39, 0.29) is 25.4 Å². The highest BCUT2D eigenvalue weighted by Crippen LogP contribution is 2.06. The summed E-state index contributed by atoms with van der Waals surface area (Å²) >= 11 is 0. The van der Waals surface area contributed by atoms with Crippen LogP contribution in [-0.2, 0) is 11.3 Å². The Labute approximate surface area is 165 Å². The van der Waals surface area contributed by atoms with Crippen molar-refractivity contribution in [1.82, 2.24) is 19.7 Å². The molecule has 0 spiro atoms. The number of hydrogen-bond donors (Lipinski definition) is 1. The van der Waals surface area contributed by atoms with Crippen LogP contribution in [0.2, 0.25) is 0 Å². The minimum Gasteiger partial charge on any atom is -0.383 e. The number of rotatable bonds is 7. The molecule has 0 aliphatic rings. The number of amides is 1. The molecule has 0 saturated carbocycles. The standard InChI is InChI=1S/C20H19FN4O4/c1-29-12-11-22-18(26)17-19(27)24(13-14-5-3-2-4-6-14)20(28)25(23-17)16-9-7-15(21)8-10-16/h2-10H,11-13H2,1H3,(H,22,26). The van der Waals surface area contributed by atoms with Gasteiger partial charge >= 0.3 is 5.69 Å². The second-order valence-electron chi connectivity index (χ2n) is 6.14. The number of halogens is 1. The molecule has 0 atom stereocenters. The van der Waals surface area contributed by atoms with Crippen molar-refractivity contribution in [3.8, 4) is 5.69 Å². The number of methoxy groups -OCH3 is 1. The fourth-order valence-corrected chi connectivity index (χ4v) is 2.66. The maximum atomic E-state index is 13.3. The molecule has 1 aromatic heterocycles. The molecule has 3 aromatic rings. The third kappa shape index (κ3) is 4.64. The van der Waals surface area contributed by atoms with Gasteiger partial charge in [0.1, 0.15) is 5.82 Å². The van der Waals surface area contributed by atoms with Gasteiger partial charge in [-0.1, -0.05) is 30.3 Å². The first-order valence-corrected chi connectivity index (χ1v) is 8.82. The Kier molecular flexibility index (Phi) is 6.30. The monoisotopic (exact) mass is 398 g/mol. The summed E-state index contributed by atoms with van der Waals surface area (Å²) in [6.07, 6.45) is 0. The fourth-order valence-electron chi connectivity index (χ4n) is 2.66. The first-order valence-electron chi connectivity index (χ1n) is 8.82. The summed E-state index contributed by atoms with van der Waals surface area (Å²) in [5.41, 5.74) is -1.06. The van der Waals surface area contributed by atoms with E-state index in [1.807, 2.05) is 6.07 Å². The number of carbonyl (C=O) groups is 1. The molecule has 1 amide bonds. The average Bonchev–Trinajstić information content (AvgIpc) is 2.73. The van der Waals surface area contributed by atoms with E-state index in [0.717, 1.165) is 21.4 Å². The predicted molar refractivity (Wildman–Crippen MR) is 104 cm³/mol. The lowest BCUT2D eigenvalue weighted by molar-refractivity contribution is 0.0927. The van der Waals surface area contributed by atoms with Gasteiger partial charge in [-0.25, -0.2) is 9.18 Å². The average molecular weight is 398 g/mol. The SMILES string of the molecule is COCCNC(=O)c1nn(-c2ccc(F)cc2)c(=O)n(Cc2ccccc2)c1=O. The van der Waals surface area contributed by atoms with Crippen LogP contribution in [0.3, 0.4) is 0 Å². The largest absolute Gasteiger partial charge is 0.383 e. The Morgan fingerprint density at radius 1 is 1.10 bits per heavy atom. The smallest absolute Gasteiger partial charge is 0.352 e. The highest BCUT2D eigenvalue weighted by molar-refractivity contribution is 5.91. The quantitative estimate of drug-likeness (QED) is 0.598. The van der Waals surface area contributed by atoms with Gasteiger partial charge in [0.2, 0.25) is 5.69 Å². The predicted octanol–water partition coefficient (Wildman–Crippen LogP) is 0.958. The molecule has 0 aliphatic heterocycles. The molecule has 0 unspecified atom stereocenters. The summed E-state index contributed by atoms with van der Waals surface area (Å²) in [4.78, 5) is 38.2. The number of benzene rings is 2. The summed E-state index contributed by atoms with van der Waals surface area (Å²) in [6, 6.07) is 13.9. The van der Waals surface area contributed by atoms with E-state index in [1.54, 1.807) is 24.3 Å². The molecule has 1 heterocycles. The zero-order valence-corrected chi connectivity index (χ0v) is 15.7. The van der Waals surface area contributed by atoms with Gasteiger partial charge in [-0.3, -0.25) is 14.2 Å². The highest BCUT2D eigenvalue weighted by atomic mass is 19.1. The van der Waals surface area contributed by atoms with Crippen molar-refractivity contribution in [2.24, 2.45) is 0 Å². The maximum Gasteiger partial charge on any atom is 0.352 e. The van der Waals surface area contributed by atoms with Crippen molar-refractivity contribution >= 4 is 5.91 Å². The van der Waals surface area contributed by atoms with Crippen LogP contribution < -0.4 is 16.6 Å². The fraction of sp³-hybridized carbons (Fsp3) is 0.200. The van der Waals surface area contributed by atoms with E-state index < -0.39 is 28.7 Å². The lowest BCUT2D eigenvalue weighted by Gasteiger charge is -2.12. The summed E-state index contributed by atoms with van der Waals surface area (Å²) in [7, 11) is 1.48. The van der Waals surface area contributed by atoms with E-state index in [9.17, 15) is 18.8 Å². The van der Waals surface area contributed by atoms with Crippen LogP contribution in [-0.4, -0.2) is 40.5 Å². The number of carbonyl (C=O) groups excluding carboxylic acids is 1. The molecule has 1 N–H and O–H groups in total. The molecule has 0 bridgehead atoms. The molecule has 0 radical (unpaired) electrons. The molecule has 3 rings (SSSR count). The second-order valence-corrected chi connectivity index (χ2v) is 6.14. The van der Waals surface area contributed by atoms with Crippen LogP contribution in [0.1, 0.15) is 16.1 Å². The van der Waals surface area contributed by atoms with E-state index in [1.165, 1.54) is 19.2 Å². The first-order chi connectivity index (χ1) is 14.0. The zero-order valence-electron chi connectivity index (χ0n) is 15.7. The van der Waals surface area contributed by atoms with E-state index >= 15 is 0 Å². The van der Waals surface area contributed by atoms with E-state index in [4.69, 9.17) is 4.74 Å². The second kappa shape index (κ2) is 9.07. The molecular weight excluding hydrogens is 379 g/mol. The normalized spacial score (nSPS) is 10.7. The highest BCUT2D eigenvalue weighted by Gasteiger charge is 2.20. The number of hydrogen-bond acceptors (Lipinski definition) is 5. The molecular formula is C20H19FN4O4. The topological polar surface area (TPSA) is 95.2 Å². The summed E-state index contributed by atoms with van der Waals surface area (Å²) in [5, 5.41) is 6.47. The lowest BCUT2D eigenvalue weighted by atomic mass is 10.2. The van der Waals surface area contributed by atoms with Crippen molar-refractivity contribution in [1.29, 1.82) is 0 Å².